The van der Waals surface area contributed by atoms with Gasteiger partial charge in [0.2, 0.25) is 5.91 Å². The molecule has 0 aromatic heterocycles. The molecule has 1 saturated heterocycles. The van der Waals surface area contributed by atoms with Gasteiger partial charge in [-0.1, -0.05) is 109 Å². The number of fused-ring (bicyclic) bond motifs is 1. The lowest BCUT2D eigenvalue weighted by Gasteiger charge is -2.31. The molecule has 0 unspecified atom stereocenters. The Balaban J connectivity index is 1.70. The topological polar surface area (TPSA) is 57.6 Å². The van der Waals surface area contributed by atoms with E-state index >= 15 is 0 Å². The fourth-order valence-corrected chi connectivity index (χ4v) is 9.80. The number of carbonyl (C=O) groups is 2. The van der Waals surface area contributed by atoms with Crippen LogP contribution < -0.4 is 20.8 Å². The van der Waals surface area contributed by atoms with Crippen LogP contribution in [0.15, 0.2) is 127 Å². The number of rotatable bonds is 4. The van der Waals surface area contributed by atoms with Crippen molar-refractivity contribution in [2.24, 2.45) is 0 Å². The van der Waals surface area contributed by atoms with E-state index < -0.39 is 6.89 Å². The summed E-state index contributed by atoms with van der Waals surface area (Å²) in [6, 6.07) is 40.8. The normalized spacial score (nSPS) is 13.9. The van der Waals surface area contributed by atoms with E-state index in [0.717, 1.165) is 21.3 Å². The molecule has 2 amide bonds. The highest BCUT2D eigenvalue weighted by Gasteiger charge is 2.43. The van der Waals surface area contributed by atoms with Crippen LogP contribution >= 0.6 is 6.89 Å². The van der Waals surface area contributed by atoms with Crippen molar-refractivity contribution in [3.05, 3.63) is 127 Å². The fourth-order valence-electron chi connectivity index (χ4n) is 5.35. The lowest BCUT2D eigenvalue weighted by Crippen LogP contribution is -2.35. The van der Waals surface area contributed by atoms with E-state index in [4.69, 9.17) is 0 Å². The molecule has 180 valence electrons. The Kier molecular flexibility index (Phi) is 5.75. The van der Waals surface area contributed by atoms with Crippen LogP contribution in [0.4, 0.5) is 5.69 Å². The summed E-state index contributed by atoms with van der Waals surface area (Å²) in [5.74, 6) is -0.461. The Labute approximate surface area is 215 Å². The second-order valence-corrected chi connectivity index (χ2v) is 12.4. The highest BCUT2D eigenvalue weighted by molar-refractivity contribution is 7.96. The van der Waals surface area contributed by atoms with Crippen LogP contribution in [0.3, 0.4) is 0 Å². The van der Waals surface area contributed by atoms with Crippen LogP contribution in [-0.2, 0) is 9.59 Å². The molecule has 0 bridgehead atoms. The van der Waals surface area contributed by atoms with Crippen LogP contribution in [0, 0.1) is 0 Å². The van der Waals surface area contributed by atoms with Gasteiger partial charge in [-0.25, -0.2) is 4.90 Å². The first-order valence-corrected chi connectivity index (χ1v) is 13.9. The maximum Gasteiger partial charge on any atom is 0.262 e. The van der Waals surface area contributed by atoms with Gasteiger partial charge in [-0.15, -0.1) is 0 Å². The number of imide groups is 1. The van der Waals surface area contributed by atoms with Crippen LogP contribution in [0.5, 0.6) is 5.75 Å². The van der Waals surface area contributed by atoms with Crippen molar-refractivity contribution in [2.45, 2.75) is 6.42 Å². The summed E-state index contributed by atoms with van der Waals surface area (Å²) in [4.78, 5) is 29.5. The zero-order valence-electron chi connectivity index (χ0n) is 20.0. The number of anilines is 1. The van der Waals surface area contributed by atoms with Crippen molar-refractivity contribution in [1.82, 2.24) is 0 Å². The molecule has 1 aliphatic rings. The summed E-state index contributed by atoms with van der Waals surface area (Å²) < 4.78 is 0. The Bertz CT molecular complexity index is 1590. The third-order valence-electron chi connectivity index (χ3n) is 6.94. The molecule has 1 heterocycles. The molecule has 37 heavy (non-hydrogen) atoms. The Morgan fingerprint density at radius 2 is 1.16 bits per heavy atom. The number of phenols is 1. The lowest BCUT2D eigenvalue weighted by atomic mass is 10.1. The third kappa shape index (κ3) is 3.69. The summed E-state index contributed by atoms with van der Waals surface area (Å²) in [5.41, 5.74) is 0.491. The first-order chi connectivity index (χ1) is 18.1. The summed E-state index contributed by atoms with van der Waals surface area (Å²) >= 11 is 0. The fraction of sp³-hybridized carbons (Fsp3) is 0.0312. The number of carbonyl (C=O) groups excluding carboxylic acids is 2. The van der Waals surface area contributed by atoms with E-state index in [1.165, 1.54) is 4.90 Å². The van der Waals surface area contributed by atoms with E-state index in [-0.39, 0.29) is 24.0 Å². The van der Waals surface area contributed by atoms with Gasteiger partial charge in [0.1, 0.15) is 5.75 Å². The van der Waals surface area contributed by atoms with Gasteiger partial charge in [-0.2, -0.15) is 0 Å². The Hall–Kier alpha value is -4.40. The molecule has 4 nitrogen and oxygen atoms in total. The maximum absolute atomic E-state index is 14.4. The SMILES string of the molecule is O=C1CC(=P(c2ccccc2)(c2ccccc2)c2ccccc2)C(=O)N1c1cccc2ccc(O)cc12. The predicted molar refractivity (Wildman–Crippen MR) is 153 cm³/mol. The minimum Gasteiger partial charge on any atom is -0.508 e. The van der Waals surface area contributed by atoms with Crippen LogP contribution in [-0.4, -0.2) is 22.2 Å². The molecular weight excluding hydrogens is 477 g/mol. The average molecular weight is 502 g/mol. The van der Waals surface area contributed by atoms with E-state index in [0.29, 0.717) is 16.4 Å². The van der Waals surface area contributed by atoms with Gasteiger partial charge in [-0.05, 0) is 46.4 Å². The van der Waals surface area contributed by atoms with Crippen molar-refractivity contribution in [1.29, 1.82) is 0 Å². The van der Waals surface area contributed by atoms with Crippen LogP contribution in [0.1, 0.15) is 6.42 Å². The van der Waals surface area contributed by atoms with Gasteiger partial charge < -0.3 is 5.11 Å². The molecule has 1 fully saturated rings. The van der Waals surface area contributed by atoms with Crippen molar-refractivity contribution in [3.63, 3.8) is 0 Å². The summed E-state index contributed by atoms with van der Waals surface area (Å²) in [6.07, 6.45) is 0.0283. The summed E-state index contributed by atoms with van der Waals surface area (Å²) in [6.45, 7) is -2.67. The van der Waals surface area contributed by atoms with Crippen LogP contribution in [0.25, 0.3) is 10.8 Å². The highest BCUT2D eigenvalue weighted by atomic mass is 31.2. The second kappa shape index (κ2) is 9.24. The summed E-state index contributed by atoms with van der Waals surface area (Å²) in [7, 11) is 0. The molecule has 0 atom stereocenters. The number of benzene rings is 5. The van der Waals surface area contributed by atoms with E-state index in [2.05, 4.69) is 36.4 Å². The number of hydrogen-bond donors (Lipinski definition) is 1. The van der Waals surface area contributed by atoms with Gasteiger partial charge in [-0.3, -0.25) is 9.59 Å². The van der Waals surface area contributed by atoms with Gasteiger partial charge in [0.25, 0.3) is 5.91 Å². The second-order valence-electron chi connectivity index (χ2n) is 9.02. The zero-order valence-corrected chi connectivity index (χ0v) is 20.9. The first kappa shape index (κ1) is 23.0. The minimum atomic E-state index is -2.67. The molecule has 0 spiro atoms. The van der Waals surface area contributed by atoms with E-state index in [1.54, 1.807) is 24.3 Å². The highest BCUT2D eigenvalue weighted by Crippen LogP contribution is 2.49. The molecule has 5 aromatic carbocycles. The number of aromatic hydroxyl groups is 1. The minimum absolute atomic E-state index is 0.0283. The van der Waals surface area contributed by atoms with Crippen molar-refractivity contribution < 1.29 is 14.7 Å². The molecule has 6 rings (SSSR count). The quantitative estimate of drug-likeness (QED) is 0.279. The van der Waals surface area contributed by atoms with Crippen LogP contribution in [0.2, 0.25) is 0 Å². The van der Waals surface area contributed by atoms with Gasteiger partial charge >= 0.3 is 0 Å². The molecule has 5 heteroatoms. The molecule has 0 radical (unpaired) electrons. The smallest absolute Gasteiger partial charge is 0.262 e. The standard InChI is InChI=1S/C32H24NO3P/c34-24-20-19-23-11-10-18-29(28(23)21-24)33-31(35)22-30(32(33)36)37(25-12-4-1-5-13-25,26-14-6-2-7-15-26)27-16-8-3-9-17-27/h1-21,34H,22H2. The number of hydrogen-bond acceptors (Lipinski definition) is 3. The van der Waals surface area contributed by atoms with Gasteiger partial charge in [0.15, 0.2) is 0 Å². The van der Waals surface area contributed by atoms with E-state index in [9.17, 15) is 14.7 Å². The van der Waals surface area contributed by atoms with E-state index in [1.807, 2.05) is 66.7 Å². The number of phenolic OH excluding ortho intramolecular Hbond substituents is 1. The molecule has 0 aliphatic carbocycles. The van der Waals surface area contributed by atoms with Gasteiger partial charge in [0.05, 0.1) is 12.1 Å². The van der Waals surface area contributed by atoms with Crippen molar-refractivity contribution in [3.8, 4) is 5.75 Å². The largest absolute Gasteiger partial charge is 0.508 e. The molecule has 0 saturated carbocycles. The Morgan fingerprint density at radius 1 is 0.622 bits per heavy atom. The third-order valence-corrected chi connectivity index (χ3v) is 11.3. The molecular formula is C32H24NO3P. The average Bonchev–Trinajstić information content (AvgIpc) is 3.24. The predicted octanol–water partition coefficient (Wildman–Crippen LogP) is 4.98. The zero-order chi connectivity index (χ0) is 25.4. The number of amides is 2. The number of nitrogens with zero attached hydrogens (tertiary/aromatic N) is 1. The summed E-state index contributed by atoms with van der Waals surface area (Å²) in [5, 5.41) is 15.4. The van der Waals surface area contributed by atoms with Gasteiger partial charge in [0, 0.05) is 10.7 Å². The van der Waals surface area contributed by atoms with Crippen molar-refractivity contribution >= 4 is 56.4 Å². The maximum atomic E-state index is 14.4. The molecule has 1 N–H and O–H groups in total. The Morgan fingerprint density at radius 3 is 1.70 bits per heavy atom. The monoisotopic (exact) mass is 501 g/mol. The van der Waals surface area contributed by atoms with Crippen molar-refractivity contribution in [2.75, 3.05) is 4.90 Å². The molecule has 5 aromatic rings. The first-order valence-electron chi connectivity index (χ1n) is 12.1. The molecule has 1 aliphatic heterocycles. The lowest BCUT2D eigenvalue weighted by molar-refractivity contribution is -0.120.